The van der Waals surface area contributed by atoms with Crippen molar-refractivity contribution in [2.45, 2.75) is 37.3 Å². The van der Waals surface area contributed by atoms with Gasteiger partial charge in [0.15, 0.2) is 0 Å². The molecule has 2 aliphatic heterocycles. The van der Waals surface area contributed by atoms with Crippen LogP contribution in [0.1, 0.15) is 18.9 Å². The summed E-state index contributed by atoms with van der Waals surface area (Å²) in [5.74, 6) is 1.97. The van der Waals surface area contributed by atoms with Crippen molar-refractivity contribution in [1.29, 1.82) is 0 Å². The molecule has 122 valence electrons. The van der Waals surface area contributed by atoms with Gasteiger partial charge in [0.25, 0.3) is 0 Å². The Kier molecular flexibility index (Phi) is 4.03. The van der Waals surface area contributed by atoms with Crippen LogP contribution < -0.4 is 4.74 Å². The lowest BCUT2D eigenvalue weighted by atomic mass is 9.92. The second-order valence-electron chi connectivity index (χ2n) is 6.48. The molecule has 2 aliphatic rings. The molecule has 2 saturated heterocycles. The molecular formula is C17H22N4OS. The van der Waals surface area contributed by atoms with Crippen molar-refractivity contribution in [3.05, 3.63) is 42.5 Å². The number of hydrogen-bond acceptors (Lipinski definition) is 5. The molecule has 6 heteroatoms. The quantitative estimate of drug-likeness (QED) is 0.842. The van der Waals surface area contributed by atoms with Gasteiger partial charge in [-0.15, -0.1) is 11.8 Å². The normalized spacial score (nSPS) is 23.1. The fourth-order valence-electron chi connectivity index (χ4n) is 3.51. The lowest BCUT2D eigenvalue weighted by Crippen LogP contribution is -2.58. The van der Waals surface area contributed by atoms with Crippen LogP contribution in [0.3, 0.4) is 0 Å². The number of aryl methyl sites for hydroxylation is 1. The van der Waals surface area contributed by atoms with Gasteiger partial charge in [-0.1, -0.05) is 0 Å². The summed E-state index contributed by atoms with van der Waals surface area (Å²) in [4.78, 5) is 6.63. The van der Waals surface area contributed by atoms with Crippen LogP contribution in [0, 0.1) is 0 Å². The van der Waals surface area contributed by atoms with Crippen molar-refractivity contribution in [3.63, 3.8) is 0 Å². The summed E-state index contributed by atoms with van der Waals surface area (Å²) in [6, 6.07) is 3.91. The van der Waals surface area contributed by atoms with Gasteiger partial charge >= 0.3 is 0 Å². The van der Waals surface area contributed by atoms with E-state index in [2.05, 4.69) is 39.9 Å². The molecule has 0 radical (unpaired) electrons. The average Bonchev–Trinajstić information content (AvgIpc) is 3.15. The van der Waals surface area contributed by atoms with E-state index in [9.17, 15) is 0 Å². The Morgan fingerprint density at radius 1 is 1.39 bits per heavy atom. The predicted octanol–water partition coefficient (Wildman–Crippen LogP) is 2.44. The number of hydrogen-bond donors (Lipinski definition) is 0. The molecule has 4 heterocycles. The minimum absolute atomic E-state index is 0.314. The topological polar surface area (TPSA) is 43.2 Å². The van der Waals surface area contributed by atoms with Crippen molar-refractivity contribution in [2.75, 3.05) is 18.8 Å². The van der Waals surface area contributed by atoms with Crippen LogP contribution in [-0.2, 0) is 13.1 Å². The third-order valence-corrected chi connectivity index (χ3v) is 6.13. The highest BCUT2D eigenvalue weighted by Gasteiger charge is 2.49. The Hall–Kier alpha value is -1.53. The lowest BCUT2D eigenvalue weighted by Gasteiger charge is -2.47. The Morgan fingerprint density at radius 3 is 3.04 bits per heavy atom. The number of rotatable bonds is 5. The molecule has 0 amide bonds. The van der Waals surface area contributed by atoms with Gasteiger partial charge in [-0.25, -0.2) is 0 Å². The number of aromatic nitrogens is 3. The zero-order valence-electron chi connectivity index (χ0n) is 13.4. The Morgan fingerprint density at radius 2 is 2.30 bits per heavy atom. The maximum Gasteiger partial charge on any atom is 0.138 e. The van der Waals surface area contributed by atoms with Gasteiger partial charge in [-0.3, -0.25) is 14.6 Å². The van der Waals surface area contributed by atoms with Crippen LogP contribution in [0.2, 0.25) is 0 Å². The summed E-state index contributed by atoms with van der Waals surface area (Å²) in [7, 11) is 0. The summed E-state index contributed by atoms with van der Waals surface area (Å²) in [6.07, 6.45) is 9.17. The van der Waals surface area contributed by atoms with E-state index in [-0.39, 0.29) is 0 Å². The van der Waals surface area contributed by atoms with E-state index >= 15 is 0 Å². The van der Waals surface area contributed by atoms with Gasteiger partial charge in [-0.2, -0.15) is 5.10 Å². The molecule has 0 aliphatic carbocycles. The van der Waals surface area contributed by atoms with Gasteiger partial charge < -0.3 is 4.74 Å². The molecule has 23 heavy (non-hydrogen) atoms. The monoisotopic (exact) mass is 330 g/mol. The first kappa shape index (κ1) is 15.0. The van der Waals surface area contributed by atoms with Gasteiger partial charge in [-0.05, 0) is 19.1 Å². The molecule has 5 nitrogen and oxygen atoms in total. The minimum Gasteiger partial charge on any atom is -0.488 e. The summed E-state index contributed by atoms with van der Waals surface area (Å²) in [5.41, 5.74) is 1.31. The Labute approximate surface area is 141 Å². The third-order valence-electron chi connectivity index (χ3n) is 4.55. The van der Waals surface area contributed by atoms with Crippen LogP contribution in [0.15, 0.2) is 36.9 Å². The summed E-state index contributed by atoms with van der Waals surface area (Å²) < 4.78 is 8.45. The van der Waals surface area contributed by atoms with Crippen molar-refractivity contribution in [1.82, 2.24) is 19.7 Å². The van der Waals surface area contributed by atoms with Crippen LogP contribution >= 0.6 is 11.8 Å². The third kappa shape index (κ3) is 3.23. The Balaban J connectivity index is 1.28. The zero-order valence-corrected chi connectivity index (χ0v) is 14.2. The van der Waals surface area contributed by atoms with Crippen molar-refractivity contribution < 1.29 is 4.74 Å². The second kappa shape index (κ2) is 6.17. The summed E-state index contributed by atoms with van der Waals surface area (Å²) in [5, 5.41) is 4.35. The smallest absolute Gasteiger partial charge is 0.138 e. The molecule has 1 atom stereocenters. The Bertz CT molecular complexity index is 654. The van der Waals surface area contributed by atoms with Gasteiger partial charge in [0.2, 0.25) is 0 Å². The van der Waals surface area contributed by atoms with Crippen molar-refractivity contribution in [3.8, 4) is 5.75 Å². The van der Waals surface area contributed by atoms with Crippen LogP contribution in [0.5, 0.6) is 5.75 Å². The number of likely N-dealkylation sites (tertiary alicyclic amines) is 1. The van der Waals surface area contributed by atoms with Gasteiger partial charge in [0.1, 0.15) is 11.9 Å². The van der Waals surface area contributed by atoms with E-state index in [1.165, 1.54) is 5.56 Å². The molecular weight excluding hydrogens is 308 g/mol. The highest BCUT2D eigenvalue weighted by atomic mass is 32.2. The van der Waals surface area contributed by atoms with Crippen LogP contribution in [0.4, 0.5) is 0 Å². The molecule has 1 unspecified atom stereocenters. The number of nitrogens with zero attached hydrogens (tertiary/aromatic N) is 4. The molecule has 0 aromatic carbocycles. The largest absolute Gasteiger partial charge is 0.488 e. The standard InChI is InChI=1S/C17H22N4OS/c1-2-21-10-14(7-19-21)9-20-12-17(13-20)6-16(11-23-17)22-15-4-3-5-18-8-15/h3-5,7-8,10,16H,2,6,9,11-13H2,1H3. The minimum atomic E-state index is 0.314. The fourth-order valence-corrected chi connectivity index (χ4v) is 5.08. The van der Waals surface area contributed by atoms with Crippen LogP contribution in [-0.4, -0.2) is 49.4 Å². The number of ether oxygens (including phenoxy) is 1. The molecule has 0 N–H and O–H groups in total. The summed E-state index contributed by atoms with van der Waals surface area (Å²) >= 11 is 2.07. The first-order valence-electron chi connectivity index (χ1n) is 8.19. The molecule has 0 bridgehead atoms. The molecule has 2 aromatic heterocycles. The van der Waals surface area contributed by atoms with E-state index in [0.29, 0.717) is 10.9 Å². The van der Waals surface area contributed by atoms with E-state index in [4.69, 9.17) is 4.74 Å². The van der Waals surface area contributed by atoms with Gasteiger partial charge in [0.05, 0.1) is 12.4 Å². The molecule has 0 saturated carbocycles. The fraction of sp³-hybridized carbons (Fsp3) is 0.529. The SMILES string of the molecule is CCn1cc(CN2CC3(CC(Oc4cccnc4)CS3)C2)cn1. The predicted molar refractivity (Wildman–Crippen MR) is 91.6 cm³/mol. The maximum atomic E-state index is 6.06. The zero-order chi connectivity index (χ0) is 15.7. The highest BCUT2D eigenvalue weighted by molar-refractivity contribution is 8.01. The average molecular weight is 330 g/mol. The number of pyridine rings is 1. The van der Waals surface area contributed by atoms with Crippen molar-refractivity contribution in [2.24, 2.45) is 0 Å². The van der Waals surface area contributed by atoms with E-state index in [1.54, 1.807) is 12.4 Å². The maximum absolute atomic E-state index is 6.06. The van der Waals surface area contributed by atoms with Crippen molar-refractivity contribution >= 4 is 11.8 Å². The highest BCUT2D eigenvalue weighted by Crippen LogP contribution is 2.46. The van der Waals surface area contributed by atoms with E-state index in [1.807, 2.05) is 23.0 Å². The molecule has 1 spiro atoms. The van der Waals surface area contributed by atoms with E-state index in [0.717, 1.165) is 44.1 Å². The first-order valence-corrected chi connectivity index (χ1v) is 9.18. The van der Waals surface area contributed by atoms with Gasteiger partial charge in [0, 0.05) is 61.1 Å². The first-order chi connectivity index (χ1) is 11.2. The van der Waals surface area contributed by atoms with E-state index < -0.39 is 0 Å². The summed E-state index contributed by atoms with van der Waals surface area (Å²) in [6.45, 7) is 6.38. The van der Waals surface area contributed by atoms with Crippen LogP contribution in [0.25, 0.3) is 0 Å². The second-order valence-corrected chi connectivity index (χ2v) is 7.96. The number of thioether (sulfide) groups is 1. The molecule has 4 rings (SSSR count). The lowest BCUT2D eigenvalue weighted by molar-refractivity contribution is 0.0920. The molecule has 2 aromatic rings. The molecule has 2 fully saturated rings.